The summed E-state index contributed by atoms with van der Waals surface area (Å²) in [6.45, 7) is 5.23. The first-order chi connectivity index (χ1) is 10.9. The fraction of sp³-hybridized carbons (Fsp3) is 0.471. The average molecular weight is 316 g/mol. The van der Waals surface area contributed by atoms with Crippen LogP contribution in [0.4, 0.5) is 0 Å². The van der Waals surface area contributed by atoms with Crippen LogP contribution in [0, 0.1) is 0 Å². The molecule has 0 atom stereocenters. The molecule has 6 nitrogen and oxygen atoms in total. The van der Waals surface area contributed by atoms with Gasteiger partial charge in [0, 0.05) is 11.9 Å². The first-order valence-electron chi connectivity index (χ1n) is 7.86. The number of nitrogens with one attached hydrogen (secondary N) is 1. The maximum absolute atomic E-state index is 12.5. The highest BCUT2D eigenvalue weighted by Gasteiger charge is 2.17. The largest absolute Gasteiger partial charge is 0.351 e. The third-order valence-corrected chi connectivity index (χ3v) is 3.60. The van der Waals surface area contributed by atoms with Crippen LogP contribution in [0.2, 0.25) is 0 Å². The maximum atomic E-state index is 12.5. The lowest BCUT2D eigenvalue weighted by Crippen LogP contribution is -2.32. The van der Waals surface area contributed by atoms with Crippen molar-refractivity contribution in [3.05, 3.63) is 40.3 Å². The Kier molecular flexibility index (Phi) is 5.50. The molecule has 0 aliphatic rings. The summed E-state index contributed by atoms with van der Waals surface area (Å²) in [5.41, 5.74) is 0.138. The molecule has 0 unspecified atom stereocenters. The number of carbonyl (C=O) groups is 1. The number of hydrogen-bond donors (Lipinski definition) is 1. The highest BCUT2D eigenvalue weighted by molar-refractivity contribution is 6.04. The van der Waals surface area contributed by atoms with E-state index in [0.717, 1.165) is 13.0 Å². The van der Waals surface area contributed by atoms with Gasteiger partial charge in [-0.1, -0.05) is 18.2 Å². The van der Waals surface area contributed by atoms with Crippen LogP contribution in [-0.4, -0.2) is 47.8 Å². The Morgan fingerprint density at radius 2 is 1.91 bits per heavy atom. The first kappa shape index (κ1) is 17.1. The normalized spacial score (nSPS) is 11.4. The second-order valence-corrected chi connectivity index (χ2v) is 6.15. The standard InChI is InChI=1S/C17H24N4O2/c1-12(2)21-17(23)14-9-6-5-8-13(14)15(19-21)16(22)18-10-7-11-20(3)4/h5-6,8-9,12H,7,10-11H2,1-4H3,(H,18,22). The van der Waals surface area contributed by atoms with Crippen LogP contribution in [0.3, 0.4) is 0 Å². The molecule has 1 heterocycles. The number of aromatic nitrogens is 2. The zero-order valence-electron chi connectivity index (χ0n) is 14.2. The molecule has 0 spiro atoms. The predicted molar refractivity (Wildman–Crippen MR) is 91.9 cm³/mol. The van der Waals surface area contributed by atoms with Crippen LogP contribution in [0.1, 0.15) is 36.8 Å². The number of carbonyl (C=O) groups excluding carboxylic acids is 1. The van der Waals surface area contributed by atoms with E-state index >= 15 is 0 Å². The molecule has 124 valence electrons. The fourth-order valence-corrected chi connectivity index (χ4v) is 2.41. The average Bonchev–Trinajstić information content (AvgIpc) is 2.51. The molecule has 0 fully saturated rings. The Morgan fingerprint density at radius 3 is 2.52 bits per heavy atom. The highest BCUT2D eigenvalue weighted by Crippen LogP contribution is 2.14. The summed E-state index contributed by atoms with van der Waals surface area (Å²) >= 11 is 0. The summed E-state index contributed by atoms with van der Waals surface area (Å²) in [5.74, 6) is -0.241. The highest BCUT2D eigenvalue weighted by atomic mass is 16.2. The van der Waals surface area contributed by atoms with Crippen LogP contribution in [0.15, 0.2) is 29.1 Å². The second kappa shape index (κ2) is 7.37. The minimum atomic E-state index is -0.241. The SMILES string of the molecule is CC(C)n1nc(C(=O)NCCCN(C)C)c2ccccc2c1=O. The zero-order chi connectivity index (χ0) is 17.0. The molecule has 0 saturated heterocycles. The summed E-state index contributed by atoms with van der Waals surface area (Å²) in [6.07, 6.45) is 0.862. The van der Waals surface area contributed by atoms with Crippen molar-refractivity contribution in [3.63, 3.8) is 0 Å². The Balaban J connectivity index is 2.34. The molecular weight excluding hydrogens is 292 g/mol. The predicted octanol–water partition coefficient (Wildman–Crippen LogP) is 1.66. The van der Waals surface area contributed by atoms with Crippen molar-refractivity contribution >= 4 is 16.7 Å². The van der Waals surface area contributed by atoms with Crippen LogP contribution < -0.4 is 10.9 Å². The molecule has 2 rings (SSSR count). The first-order valence-corrected chi connectivity index (χ1v) is 7.86. The van der Waals surface area contributed by atoms with Crippen LogP contribution in [0.5, 0.6) is 0 Å². The van der Waals surface area contributed by atoms with Gasteiger partial charge < -0.3 is 10.2 Å². The topological polar surface area (TPSA) is 67.2 Å². The summed E-state index contributed by atoms with van der Waals surface area (Å²) in [6, 6.07) is 7.01. The number of benzene rings is 1. The van der Waals surface area contributed by atoms with Gasteiger partial charge in [0.25, 0.3) is 11.5 Å². The number of nitrogens with zero attached hydrogens (tertiary/aromatic N) is 3. The third kappa shape index (κ3) is 3.96. The van der Waals surface area contributed by atoms with Gasteiger partial charge in [0.2, 0.25) is 0 Å². The molecule has 1 aromatic heterocycles. The van der Waals surface area contributed by atoms with Crippen molar-refractivity contribution in [2.24, 2.45) is 0 Å². The molecule has 1 N–H and O–H groups in total. The van der Waals surface area contributed by atoms with Crippen molar-refractivity contribution < 1.29 is 4.79 Å². The number of fused-ring (bicyclic) bond motifs is 1. The number of amides is 1. The number of hydrogen-bond acceptors (Lipinski definition) is 4. The molecule has 2 aromatic rings. The molecule has 1 aromatic carbocycles. The minimum absolute atomic E-state index is 0.104. The van der Waals surface area contributed by atoms with Crippen molar-refractivity contribution in [2.45, 2.75) is 26.3 Å². The van der Waals surface area contributed by atoms with Gasteiger partial charge in [0.1, 0.15) is 0 Å². The van der Waals surface area contributed by atoms with Crippen molar-refractivity contribution in [3.8, 4) is 0 Å². The van der Waals surface area contributed by atoms with Crippen molar-refractivity contribution in [2.75, 3.05) is 27.2 Å². The Morgan fingerprint density at radius 1 is 1.26 bits per heavy atom. The van der Waals surface area contributed by atoms with E-state index in [1.54, 1.807) is 18.2 Å². The van der Waals surface area contributed by atoms with E-state index in [-0.39, 0.29) is 17.5 Å². The maximum Gasteiger partial charge on any atom is 0.274 e. The summed E-state index contributed by atoms with van der Waals surface area (Å²) in [5, 5.41) is 8.30. The lowest BCUT2D eigenvalue weighted by molar-refractivity contribution is 0.0946. The van der Waals surface area contributed by atoms with E-state index in [0.29, 0.717) is 23.0 Å². The van der Waals surface area contributed by atoms with Gasteiger partial charge in [0.15, 0.2) is 5.69 Å². The van der Waals surface area contributed by atoms with Gasteiger partial charge in [-0.15, -0.1) is 0 Å². The smallest absolute Gasteiger partial charge is 0.274 e. The summed E-state index contributed by atoms with van der Waals surface area (Å²) < 4.78 is 1.37. The lowest BCUT2D eigenvalue weighted by atomic mass is 10.1. The monoisotopic (exact) mass is 316 g/mol. The molecule has 23 heavy (non-hydrogen) atoms. The molecule has 6 heteroatoms. The fourth-order valence-electron chi connectivity index (χ4n) is 2.41. The van der Waals surface area contributed by atoms with Crippen molar-refractivity contribution in [1.82, 2.24) is 20.0 Å². The van der Waals surface area contributed by atoms with Gasteiger partial charge in [-0.2, -0.15) is 5.10 Å². The molecule has 0 aliphatic heterocycles. The van der Waals surface area contributed by atoms with Crippen molar-refractivity contribution in [1.29, 1.82) is 0 Å². The Bertz CT molecular complexity index is 750. The van der Waals surface area contributed by atoms with Gasteiger partial charge >= 0.3 is 0 Å². The zero-order valence-corrected chi connectivity index (χ0v) is 14.2. The second-order valence-electron chi connectivity index (χ2n) is 6.15. The van der Waals surface area contributed by atoms with E-state index < -0.39 is 0 Å². The Hall–Kier alpha value is -2.21. The summed E-state index contributed by atoms with van der Waals surface area (Å²) in [4.78, 5) is 27.0. The molecular formula is C17H24N4O2. The minimum Gasteiger partial charge on any atom is -0.351 e. The van der Waals surface area contributed by atoms with Gasteiger partial charge in [-0.05, 0) is 47.0 Å². The summed E-state index contributed by atoms with van der Waals surface area (Å²) in [7, 11) is 3.99. The molecule has 0 saturated carbocycles. The molecule has 0 aliphatic carbocycles. The third-order valence-electron chi connectivity index (χ3n) is 3.60. The van der Waals surface area contributed by atoms with E-state index in [2.05, 4.69) is 15.3 Å². The van der Waals surface area contributed by atoms with Crippen LogP contribution in [-0.2, 0) is 0 Å². The van der Waals surface area contributed by atoms with Crippen LogP contribution in [0.25, 0.3) is 10.8 Å². The van der Waals surface area contributed by atoms with Gasteiger partial charge in [0.05, 0.1) is 11.4 Å². The van der Waals surface area contributed by atoms with E-state index in [4.69, 9.17) is 0 Å². The number of rotatable bonds is 6. The van der Waals surface area contributed by atoms with E-state index in [1.807, 2.05) is 34.0 Å². The lowest BCUT2D eigenvalue weighted by Gasteiger charge is -2.14. The van der Waals surface area contributed by atoms with Gasteiger partial charge in [-0.25, -0.2) is 4.68 Å². The Labute approximate surface area is 136 Å². The van der Waals surface area contributed by atoms with E-state index in [1.165, 1.54) is 4.68 Å². The molecule has 0 bridgehead atoms. The van der Waals surface area contributed by atoms with Crippen LogP contribution >= 0.6 is 0 Å². The quantitative estimate of drug-likeness (QED) is 0.823. The molecule has 1 amide bonds. The van der Waals surface area contributed by atoms with E-state index in [9.17, 15) is 9.59 Å². The van der Waals surface area contributed by atoms with Gasteiger partial charge in [-0.3, -0.25) is 9.59 Å². The molecule has 0 radical (unpaired) electrons.